The lowest BCUT2D eigenvalue weighted by Gasteiger charge is -2.30. The number of para-hydroxylation sites is 1. The first-order chi connectivity index (χ1) is 14.0. The van der Waals surface area contributed by atoms with E-state index in [1.165, 1.54) is 11.8 Å². The summed E-state index contributed by atoms with van der Waals surface area (Å²) in [5, 5.41) is 12.3. The highest BCUT2D eigenvalue weighted by molar-refractivity contribution is 7.99. The number of amides is 2. The van der Waals surface area contributed by atoms with Gasteiger partial charge in [-0.15, -0.1) is 10.2 Å². The summed E-state index contributed by atoms with van der Waals surface area (Å²) < 4.78 is 1.88. The quantitative estimate of drug-likeness (QED) is 0.673. The average molecular weight is 436 g/mol. The molecule has 9 heteroatoms. The molecule has 1 aromatic heterocycles. The minimum atomic E-state index is -0.213. The van der Waals surface area contributed by atoms with E-state index < -0.39 is 0 Å². The molecule has 156 valence electrons. The Balaban J connectivity index is 1.57. The van der Waals surface area contributed by atoms with E-state index in [0.717, 1.165) is 25.9 Å². The van der Waals surface area contributed by atoms with Crippen LogP contribution < -0.4 is 5.32 Å². The fraction of sp³-hybridized carbons (Fsp3) is 0.500. The van der Waals surface area contributed by atoms with Gasteiger partial charge in [-0.3, -0.25) is 9.59 Å². The third kappa shape index (κ3) is 5.73. The van der Waals surface area contributed by atoms with Crippen molar-refractivity contribution in [3.63, 3.8) is 0 Å². The van der Waals surface area contributed by atoms with E-state index in [9.17, 15) is 9.59 Å². The number of anilines is 1. The number of carbonyl (C=O) groups excluding carboxylic acids is 2. The van der Waals surface area contributed by atoms with Crippen LogP contribution in [0.1, 0.15) is 32.5 Å². The standard InChI is InChI=1S/C20H26ClN5O2S/c1-3-26-17(12-18(27)22-16-7-5-4-6-15(16)21)23-24-20(26)29-13-19(28)25-10-8-14(2)9-11-25/h4-7,14H,3,8-13H2,1-2H3,(H,22,27). The lowest BCUT2D eigenvalue weighted by molar-refractivity contribution is -0.129. The maximum Gasteiger partial charge on any atom is 0.233 e. The van der Waals surface area contributed by atoms with Crippen LogP contribution in [0.15, 0.2) is 29.4 Å². The highest BCUT2D eigenvalue weighted by atomic mass is 35.5. The Kier molecular flexibility index (Phi) is 7.55. The molecule has 1 aromatic carbocycles. The molecule has 1 aliphatic rings. The Bertz CT molecular complexity index is 864. The summed E-state index contributed by atoms with van der Waals surface area (Å²) in [5.41, 5.74) is 0.567. The van der Waals surface area contributed by atoms with Crippen LogP contribution in [0.2, 0.25) is 5.02 Å². The average Bonchev–Trinajstić information content (AvgIpc) is 3.09. The van der Waals surface area contributed by atoms with Gasteiger partial charge in [0.05, 0.1) is 22.9 Å². The van der Waals surface area contributed by atoms with Gasteiger partial charge in [0, 0.05) is 19.6 Å². The Morgan fingerprint density at radius 2 is 1.97 bits per heavy atom. The van der Waals surface area contributed by atoms with Crippen molar-refractivity contribution in [3.05, 3.63) is 35.1 Å². The maximum absolute atomic E-state index is 12.5. The number of halogens is 1. The zero-order chi connectivity index (χ0) is 20.8. The number of rotatable bonds is 7. The van der Waals surface area contributed by atoms with Gasteiger partial charge in [0.2, 0.25) is 11.8 Å². The van der Waals surface area contributed by atoms with Gasteiger partial charge >= 0.3 is 0 Å². The molecule has 0 radical (unpaired) electrons. The highest BCUT2D eigenvalue weighted by Gasteiger charge is 2.22. The molecule has 2 aromatic rings. The van der Waals surface area contributed by atoms with Gasteiger partial charge in [-0.2, -0.15) is 0 Å². The van der Waals surface area contributed by atoms with Gasteiger partial charge in [-0.1, -0.05) is 42.4 Å². The van der Waals surface area contributed by atoms with Crippen molar-refractivity contribution in [1.29, 1.82) is 0 Å². The Morgan fingerprint density at radius 3 is 2.66 bits per heavy atom. The van der Waals surface area contributed by atoms with E-state index in [2.05, 4.69) is 22.4 Å². The van der Waals surface area contributed by atoms with Crippen LogP contribution >= 0.6 is 23.4 Å². The summed E-state index contributed by atoms with van der Waals surface area (Å²) in [6.45, 7) is 6.48. The Hall–Kier alpha value is -2.06. The number of hydrogen-bond donors (Lipinski definition) is 1. The van der Waals surface area contributed by atoms with E-state index in [-0.39, 0.29) is 18.2 Å². The predicted octanol–water partition coefficient (Wildman–Crippen LogP) is 3.48. The summed E-state index contributed by atoms with van der Waals surface area (Å²) in [6.07, 6.45) is 2.21. The smallest absolute Gasteiger partial charge is 0.233 e. The van der Waals surface area contributed by atoms with Crippen LogP contribution in [0.5, 0.6) is 0 Å². The molecule has 0 atom stereocenters. The number of likely N-dealkylation sites (tertiary alicyclic amines) is 1. The van der Waals surface area contributed by atoms with Crippen molar-refractivity contribution in [2.75, 3.05) is 24.2 Å². The normalized spacial score (nSPS) is 14.8. The minimum Gasteiger partial charge on any atom is -0.342 e. The molecular weight excluding hydrogens is 410 g/mol. The third-order valence-corrected chi connectivity index (χ3v) is 6.32. The van der Waals surface area contributed by atoms with Gasteiger partial charge in [-0.25, -0.2) is 0 Å². The summed E-state index contributed by atoms with van der Waals surface area (Å²) in [5.74, 6) is 1.51. The number of nitrogens with zero attached hydrogens (tertiary/aromatic N) is 4. The predicted molar refractivity (Wildman–Crippen MR) is 115 cm³/mol. The third-order valence-electron chi connectivity index (χ3n) is 5.04. The van der Waals surface area contributed by atoms with Crippen molar-refractivity contribution in [1.82, 2.24) is 19.7 Å². The van der Waals surface area contributed by atoms with Gasteiger partial charge in [0.1, 0.15) is 5.82 Å². The first kappa shape index (κ1) is 21.6. The van der Waals surface area contributed by atoms with Gasteiger partial charge in [0.25, 0.3) is 0 Å². The van der Waals surface area contributed by atoms with Crippen LogP contribution in [0, 0.1) is 5.92 Å². The molecule has 0 bridgehead atoms. The number of nitrogens with one attached hydrogen (secondary N) is 1. The molecular formula is C20H26ClN5O2S. The van der Waals surface area contributed by atoms with Crippen molar-refractivity contribution in [3.8, 4) is 0 Å². The molecule has 0 spiro atoms. The summed E-state index contributed by atoms with van der Waals surface area (Å²) in [6, 6.07) is 7.09. The number of benzene rings is 1. The molecule has 0 aliphatic carbocycles. The SMILES string of the molecule is CCn1c(CC(=O)Nc2ccccc2Cl)nnc1SCC(=O)N1CCC(C)CC1. The number of carbonyl (C=O) groups is 2. The van der Waals surface area contributed by atoms with E-state index >= 15 is 0 Å². The van der Waals surface area contributed by atoms with E-state index in [4.69, 9.17) is 11.6 Å². The molecule has 1 saturated heterocycles. The molecule has 2 amide bonds. The van der Waals surface area contributed by atoms with Crippen molar-refractivity contribution < 1.29 is 9.59 Å². The van der Waals surface area contributed by atoms with E-state index in [1.54, 1.807) is 18.2 Å². The van der Waals surface area contributed by atoms with Crippen LogP contribution in [0.4, 0.5) is 5.69 Å². The second kappa shape index (κ2) is 10.1. The lowest BCUT2D eigenvalue weighted by Crippen LogP contribution is -2.38. The summed E-state index contributed by atoms with van der Waals surface area (Å²) in [4.78, 5) is 26.8. The molecule has 0 unspecified atom stereocenters. The Morgan fingerprint density at radius 1 is 1.24 bits per heavy atom. The largest absolute Gasteiger partial charge is 0.342 e. The second-order valence-electron chi connectivity index (χ2n) is 7.20. The number of thioether (sulfide) groups is 1. The minimum absolute atomic E-state index is 0.0879. The summed E-state index contributed by atoms with van der Waals surface area (Å²) in [7, 11) is 0. The van der Waals surface area contributed by atoms with Gasteiger partial charge < -0.3 is 14.8 Å². The second-order valence-corrected chi connectivity index (χ2v) is 8.55. The summed E-state index contributed by atoms with van der Waals surface area (Å²) >= 11 is 7.46. The van der Waals surface area contributed by atoms with Crippen LogP contribution in [-0.2, 0) is 22.6 Å². The maximum atomic E-state index is 12.5. The Labute approximate surface area is 180 Å². The van der Waals surface area contributed by atoms with Gasteiger partial charge in [-0.05, 0) is 37.8 Å². The zero-order valence-electron chi connectivity index (χ0n) is 16.7. The van der Waals surface area contributed by atoms with Crippen LogP contribution in [0.3, 0.4) is 0 Å². The van der Waals surface area contributed by atoms with E-state index in [1.807, 2.05) is 22.5 Å². The highest BCUT2D eigenvalue weighted by Crippen LogP contribution is 2.22. The first-order valence-corrected chi connectivity index (χ1v) is 11.2. The topological polar surface area (TPSA) is 80.1 Å². The van der Waals surface area contributed by atoms with E-state index in [0.29, 0.717) is 39.9 Å². The zero-order valence-corrected chi connectivity index (χ0v) is 18.3. The molecule has 1 aliphatic heterocycles. The molecule has 2 heterocycles. The number of aromatic nitrogens is 3. The van der Waals surface area contributed by atoms with Crippen molar-refractivity contribution >= 4 is 40.9 Å². The molecule has 29 heavy (non-hydrogen) atoms. The molecule has 7 nitrogen and oxygen atoms in total. The van der Waals surface area contributed by atoms with Gasteiger partial charge in [0.15, 0.2) is 5.16 Å². The number of piperidine rings is 1. The molecule has 0 saturated carbocycles. The lowest BCUT2D eigenvalue weighted by atomic mass is 9.99. The van der Waals surface area contributed by atoms with Crippen LogP contribution in [-0.4, -0.2) is 50.3 Å². The fourth-order valence-electron chi connectivity index (χ4n) is 3.25. The monoisotopic (exact) mass is 435 g/mol. The fourth-order valence-corrected chi connectivity index (χ4v) is 4.36. The van der Waals surface area contributed by atoms with Crippen molar-refractivity contribution in [2.24, 2.45) is 5.92 Å². The van der Waals surface area contributed by atoms with Crippen molar-refractivity contribution in [2.45, 2.75) is 44.8 Å². The molecule has 1 fully saturated rings. The van der Waals surface area contributed by atoms with Crippen LogP contribution in [0.25, 0.3) is 0 Å². The molecule has 1 N–H and O–H groups in total. The first-order valence-electron chi connectivity index (χ1n) is 9.85. The number of hydrogen-bond acceptors (Lipinski definition) is 5. The molecule has 3 rings (SSSR count).